The molecule has 6 nitrogen and oxygen atoms in total. The van der Waals surface area contributed by atoms with Crippen molar-refractivity contribution >= 4 is 11.9 Å². The third-order valence-corrected chi connectivity index (χ3v) is 1.54. The number of nitrogens with one attached hydrogen (secondary N) is 2. The standard InChI is InChI=1S/C9H19N3O3/c1-2-5-15-6-3-4-11-7-8(13)12-9(10)14/h11H,2-7H2,1H3,(H3,10,12,13,14). The lowest BCUT2D eigenvalue weighted by molar-refractivity contribution is -0.119. The Morgan fingerprint density at radius 3 is 2.67 bits per heavy atom. The van der Waals surface area contributed by atoms with Crippen LogP contribution in [0.1, 0.15) is 19.8 Å². The van der Waals surface area contributed by atoms with E-state index in [0.717, 1.165) is 19.4 Å². The van der Waals surface area contributed by atoms with Crippen molar-refractivity contribution in [3.8, 4) is 0 Å². The van der Waals surface area contributed by atoms with E-state index >= 15 is 0 Å². The largest absolute Gasteiger partial charge is 0.381 e. The van der Waals surface area contributed by atoms with Crippen LogP contribution in [-0.4, -0.2) is 38.2 Å². The van der Waals surface area contributed by atoms with Crippen molar-refractivity contribution in [1.29, 1.82) is 0 Å². The van der Waals surface area contributed by atoms with Gasteiger partial charge in [-0.05, 0) is 19.4 Å². The second-order valence-corrected chi connectivity index (χ2v) is 3.06. The van der Waals surface area contributed by atoms with Crippen LogP contribution in [0, 0.1) is 0 Å². The Balaban J connectivity index is 3.16. The molecule has 3 amide bonds. The van der Waals surface area contributed by atoms with Crippen molar-refractivity contribution in [1.82, 2.24) is 10.6 Å². The molecule has 88 valence electrons. The Labute approximate surface area is 89.5 Å². The van der Waals surface area contributed by atoms with Crippen LogP contribution in [0.3, 0.4) is 0 Å². The van der Waals surface area contributed by atoms with Gasteiger partial charge in [-0.25, -0.2) is 4.79 Å². The molecule has 0 aliphatic carbocycles. The zero-order chi connectivity index (χ0) is 11.5. The van der Waals surface area contributed by atoms with Gasteiger partial charge in [-0.1, -0.05) is 6.92 Å². The maximum absolute atomic E-state index is 10.9. The number of carbonyl (C=O) groups excluding carboxylic acids is 2. The summed E-state index contributed by atoms with van der Waals surface area (Å²) in [6, 6.07) is -0.826. The average molecular weight is 217 g/mol. The van der Waals surface area contributed by atoms with Crippen molar-refractivity contribution in [2.24, 2.45) is 5.73 Å². The predicted molar refractivity (Wildman–Crippen MR) is 56.3 cm³/mol. The predicted octanol–water partition coefficient (Wildman–Crippen LogP) is -0.412. The molecule has 0 saturated carbocycles. The SMILES string of the molecule is CCCOCCCNCC(=O)NC(N)=O. The maximum atomic E-state index is 10.9. The molecule has 0 saturated heterocycles. The molecule has 0 rings (SSSR count). The summed E-state index contributed by atoms with van der Waals surface area (Å²) < 4.78 is 5.24. The van der Waals surface area contributed by atoms with Crippen LogP contribution in [0.5, 0.6) is 0 Å². The number of hydrogen-bond acceptors (Lipinski definition) is 4. The van der Waals surface area contributed by atoms with E-state index in [1.807, 2.05) is 12.2 Å². The van der Waals surface area contributed by atoms with E-state index in [0.29, 0.717) is 13.2 Å². The van der Waals surface area contributed by atoms with E-state index in [4.69, 9.17) is 10.5 Å². The molecule has 0 aromatic carbocycles. The van der Waals surface area contributed by atoms with Gasteiger partial charge in [0.25, 0.3) is 0 Å². The molecule has 4 N–H and O–H groups in total. The number of carbonyl (C=O) groups is 2. The highest BCUT2D eigenvalue weighted by molar-refractivity contribution is 5.94. The first-order valence-electron chi connectivity index (χ1n) is 5.04. The first kappa shape index (κ1) is 13.9. The van der Waals surface area contributed by atoms with Crippen molar-refractivity contribution in [3.05, 3.63) is 0 Å². The number of rotatable bonds is 8. The van der Waals surface area contributed by atoms with Gasteiger partial charge in [0.1, 0.15) is 0 Å². The number of nitrogens with two attached hydrogens (primary N) is 1. The summed E-state index contributed by atoms with van der Waals surface area (Å²) in [4.78, 5) is 21.1. The minimum atomic E-state index is -0.826. The number of imide groups is 1. The Morgan fingerprint density at radius 2 is 2.07 bits per heavy atom. The summed E-state index contributed by atoms with van der Waals surface area (Å²) in [5, 5.41) is 4.83. The lowest BCUT2D eigenvalue weighted by Gasteiger charge is -2.04. The molecule has 0 fully saturated rings. The van der Waals surface area contributed by atoms with Gasteiger partial charge in [-0.2, -0.15) is 0 Å². The van der Waals surface area contributed by atoms with E-state index in [1.165, 1.54) is 0 Å². The van der Waals surface area contributed by atoms with E-state index in [9.17, 15) is 9.59 Å². The molecule has 0 aliphatic rings. The van der Waals surface area contributed by atoms with Gasteiger partial charge < -0.3 is 15.8 Å². The Hall–Kier alpha value is -1.14. The van der Waals surface area contributed by atoms with Gasteiger partial charge in [-0.15, -0.1) is 0 Å². The fourth-order valence-electron chi connectivity index (χ4n) is 0.929. The van der Waals surface area contributed by atoms with Crippen LogP contribution in [0.2, 0.25) is 0 Å². The fourth-order valence-corrected chi connectivity index (χ4v) is 0.929. The van der Waals surface area contributed by atoms with Gasteiger partial charge in [0.15, 0.2) is 0 Å². The molecule has 0 unspecified atom stereocenters. The Kier molecular flexibility index (Phi) is 8.70. The molecule has 0 bridgehead atoms. The molecule has 0 aromatic heterocycles. The normalized spacial score (nSPS) is 9.93. The van der Waals surface area contributed by atoms with E-state index in [2.05, 4.69) is 5.32 Å². The molecule has 0 spiro atoms. The summed E-state index contributed by atoms with van der Waals surface area (Å²) in [7, 11) is 0. The molecule has 0 heterocycles. The Bertz CT molecular complexity index is 197. The lowest BCUT2D eigenvalue weighted by Crippen LogP contribution is -2.40. The van der Waals surface area contributed by atoms with Crippen LogP contribution in [0.25, 0.3) is 0 Å². The van der Waals surface area contributed by atoms with Gasteiger partial charge in [0, 0.05) is 13.2 Å². The van der Waals surface area contributed by atoms with Crippen LogP contribution >= 0.6 is 0 Å². The van der Waals surface area contributed by atoms with Crippen LogP contribution < -0.4 is 16.4 Å². The number of ether oxygens (including phenoxy) is 1. The molecule has 0 aliphatic heterocycles. The summed E-state index contributed by atoms with van der Waals surface area (Å²) >= 11 is 0. The third-order valence-electron chi connectivity index (χ3n) is 1.54. The first-order chi connectivity index (χ1) is 7.16. The molecular weight excluding hydrogens is 198 g/mol. The number of primary amides is 1. The topological polar surface area (TPSA) is 93.4 Å². The molecular formula is C9H19N3O3. The van der Waals surface area contributed by atoms with Gasteiger partial charge >= 0.3 is 6.03 Å². The monoisotopic (exact) mass is 217 g/mol. The second-order valence-electron chi connectivity index (χ2n) is 3.06. The highest BCUT2D eigenvalue weighted by atomic mass is 16.5. The smallest absolute Gasteiger partial charge is 0.318 e. The summed E-state index contributed by atoms with van der Waals surface area (Å²) in [5.74, 6) is -0.419. The molecule has 0 aromatic rings. The second kappa shape index (κ2) is 9.42. The van der Waals surface area contributed by atoms with Crippen LogP contribution in [-0.2, 0) is 9.53 Å². The van der Waals surface area contributed by atoms with E-state index in [1.54, 1.807) is 0 Å². The zero-order valence-corrected chi connectivity index (χ0v) is 9.04. The number of hydrogen-bond donors (Lipinski definition) is 3. The fraction of sp³-hybridized carbons (Fsp3) is 0.778. The van der Waals surface area contributed by atoms with Crippen LogP contribution in [0.15, 0.2) is 0 Å². The average Bonchev–Trinajstić information content (AvgIpc) is 2.15. The zero-order valence-electron chi connectivity index (χ0n) is 9.04. The van der Waals surface area contributed by atoms with Crippen molar-refractivity contribution in [2.45, 2.75) is 19.8 Å². The summed E-state index contributed by atoms with van der Waals surface area (Å²) in [5.41, 5.74) is 4.76. The summed E-state index contributed by atoms with van der Waals surface area (Å²) in [6.07, 6.45) is 1.85. The van der Waals surface area contributed by atoms with E-state index < -0.39 is 11.9 Å². The molecule has 15 heavy (non-hydrogen) atoms. The van der Waals surface area contributed by atoms with Crippen molar-refractivity contribution in [3.63, 3.8) is 0 Å². The molecule has 0 radical (unpaired) electrons. The van der Waals surface area contributed by atoms with E-state index in [-0.39, 0.29) is 6.54 Å². The van der Waals surface area contributed by atoms with Gasteiger partial charge in [0.2, 0.25) is 5.91 Å². The Morgan fingerprint density at radius 1 is 1.33 bits per heavy atom. The van der Waals surface area contributed by atoms with Crippen molar-refractivity contribution < 1.29 is 14.3 Å². The molecule has 6 heteroatoms. The minimum Gasteiger partial charge on any atom is -0.381 e. The highest BCUT2D eigenvalue weighted by Crippen LogP contribution is 1.83. The minimum absolute atomic E-state index is 0.0940. The maximum Gasteiger partial charge on any atom is 0.318 e. The summed E-state index contributed by atoms with van der Waals surface area (Å²) in [6.45, 7) is 4.26. The number of amides is 3. The quantitative estimate of drug-likeness (QED) is 0.482. The molecule has 0 atom stereocenters. The highest BCUT2D eigenvalue weighted by Gasteiger charge is 2.01. The first-order valence-corrected chi connectivity index (χ1v) is 5.04. The third kappa shape index (κ3) is 10.8. The van der Waals surface area contributed by atoms with Gasteiger partial charge in [-0.3, -0.25) is 10.1 Å². The van der Waals surface area contributed by atoms with Crippen LogP contribution in [0.4, 0.5) is 4.79 Å². The van der Waals surface area contributed by atoms with Gasteiger partial charge in [0.05, 0.1) is 6.54 Å². The number of urea groups is 1. The van der Waals surface area contributed by atoms with Crippen molar-refractivity contribution in [2.75, 3.05) is 26.3 Å². The lowest BCUT2D eigenvalue weighted by atomic mass is 10.4.